The number of fused-ring (bicyclic) bond motifs is 3. The van der Waals surface area contributed by atoms with Crippen molar-refractivity contribution < 1.29 is 26.7 Å². The van der Waals surface area contributed by atoms with Gasteiger partial charge < -0.3 is 14.5 Å². The summed E-state index contributed by atoms with van der Waals surface area (Å²) in [7, 11) is -2.76. The molecule has 8 nitrogen and oxygen atoms in total. The Morgan fingerprint density at radius 1 is 1.36 bits per heavy atom. The molecule has 3 aromatic rings. The van der Waals surface area contributed by atoms with Crippen LogP contribution in [0.1, 0.15) is 16.7 Å². The monoisotopic (exact) mass is 410 g/mol. The summed E-state index contributed by atoms with van der Waals surface area (Å²) in [6.45, 7) is 0.898. The second-order valence-electron chi connectivity index (χ2n) is 6.20. The van der Waals surface area contributed by atoms with Gasteiger partial charge in [-0.3, -0.25) is 0 Å². The molecule has 0 spiro atoms. The maximum absolute atomic E-state index is 12.8. The first-order valence-corrected chi connectivity index (χ1v) is 9.78. The average molecular weight is 410 g/mol. The highest BCUT2D eigenvalue weighted by Crippen LogP contribution is 2.32. The summed E-state index contributed by atoms with van der Waals surface area (Å²) in [5.41, 5.74) is 2.71. The molecule has 28 heavy (non-hydrogen) atoms. The van der Waals surface area contributed by atoms with Crippen molar-refractivity contribution in [3.05, 3.63) is 41.2 Å². The molecule has 2 N–H and O–H groups in total. The molecule has 0 unspecified atom stereocenters. The van der Waals surface area contributed by atoms with E-state index in [0.717, 1.165) is 17.3 Å². The molecule has 2 aromatic heterocycles. The first-order valence-electron chi connectivity index (χ1n) is 8.29. The molecule has 3 heterocycles. The van der Waals surface area contributed by atoms with Crippen LogP contribution in [0.2, 0.25) is 0 Å². The largest absolute Gasteiger partial charge is 0.481 e. The van der Waals surface area contributed by atoms with E-state index in [1.807, 2.05) is 6.07 Å². The molecular formula is C17H16F2N4O4S. The molecule has 0 amide bonds. The molecule has 0 aliphatic carbocycles. The zero-order valence-corrected chi connectivity index (χ0v) is 15.5. The Morgan fingerprint density at radius 2 is 2.18 bits per heavy atom. The first-order chi connectivity index (χ1) is 13.4. The summed E-state index contributed by atoms with van der Waals surface area (Å²) >= 11 is 0. The van der Waals surface area contributed by atoms with Gasteiger partial charge in [-0.15, -0.1) is 0 Å². The highest BCUT2D eigenvalue weighted by molar-refractivity contribution is 7.93. The molecule has 0 atom stereocenters. The molecule has 0 radical (unpaired) electrons. The molecule has 4 rings (SSSR count). The van der Waals surface area contributed by atoms with Gasteiger partial charge in [0, 0.05) is 35.3 Å². The van der Waals surface area contributed by atoms with Gasteiger partial charge >= 0.3 is 0 Å². The van der Waals surface area contributed by atoms with Crippen molar-refractivity contribution in [2.75, 3.05) is 11.8 Å². The number of nitrogens with one attached hydrogen (secondary N) is 2. The Balaban J connectivity index is 1.68. The minimum absolute atomic E-state index is 0.0245. The third-order valence-electron chi connectivity index (χ3n) is 4.43. The number of hydrogen-bond acceptors (Lipinski definition) is 6. The van der Waals surface area contributed by atoms with Crippen LogP contribution in [0, 0.1) is 0 Å². The number of H-pyrrole nitrogens is 1. The van der Waals surface area contributed by atoms with E-state index in [4.69, 9.17) is 9.47 Å². The molecule has 1 aliphatic rings. The lowest BCUT2D eigenvalue weighted by atomic mass is 10.1. The van der Waals surface area contributed by atoms with E-state index in [1.165, 1.54) is 13.3 Å². The molecular weight excluding hydrogens is 394 g/mol. The topological polar surface area (TPSA) is 106 Å². The molecule has 0 bridgehead atoms. The Morgan fingerprint density at radius 3 is 2.93 bits per heavy atom. The van der Waals surface area contributed by atoms with Crippen LogP contribution in [-0.4, -0.2) is 36.9 Å². The average Bonchev–Trinajstić information content (AvgIpc) is 3.28. The summed E-state index contributed by atoms with van der Waals surface area (Å²) in [6, 6.07) is 3.54. The van der Waals surface area contributed by atoms with Crippen molar-refractivity contribution in [2.24, 2.45) is 0 Å². The summed E-state index contributed by atoms with van der Waals surface area (Å²) in [4.78, 5) is 10.7. The number of anilines is 1. The fourth-order valence-electron chi connectivity index (χ4n) is 3.16. The minimum atomic E-state index is -4.03. The normalized spacial score (nSPS) is 13.9. The van der Waals surface area contributed by atoms with Crippen molar-refractivity contribution in [3.8, 4) is 5.88 Å². The quantitative estimate of drug-likeness (QED) is 0.647. The lowest BCUT2D eigenvalue weighted by Crippen LogP contribution is -2.15. The number of ether oxygens (including phenoxy) is 2. The number of nitrogens with zero attached hydrogens (tertiary/aromatic N) is 2. The van der Waals surface area contributed by atoms with Crippen LogP contribution in [0.4, 0.5) is 14.7 Å². The van der Waals surface area contributed by atoms with Gasteiger partial charge in [-0.25, -0.2) is 26.9 Å². The number of methoxy groups -OCH3 is 1. The van der Waals surface area contributed by atoms with Crippen LogP contribution in [0.3, 0.4) is 0 Å². The summed E-state index contributed by atoms with van der Waals surface area (Å²) < 4.78 is 63.5. The van der Waals surface area contributed by atoms with Gasteiger partial charge in [0.2, 0.25) is 18.3 Å². The number of sulfonamides is 1. The molecule has 0 saturated heterocycles. The molecule has 1 aromatic carbocycles. The number of aromatic amines is 1. The van der Waals surface area contributed by atoms with Gasteiger partial charge in [0.05, 0.1) is 25.8 Å². The predicted molar refractivity (Wildman–Crippen MR) is 95.9 cm³/mol. The number of hydrogen-bond donors (Lipinski definition) is 2. The van der Waals surface area contributed by atoms with E-state index in [0.29, 0.717) is 24.1 Å². The first kappa shape index (κ1) is 18.6. The van der Waals surface area contributed by atoms with Gasteiger partial charge in [-0.1, -0.05) is 12.1 Å². The summed E-state index contributed by atoms with van der Waals surface area (Å²) in [5, 5.41) is 0.512. The van der Waals surface area contributed by atoms with Gasteiger partial charge in [-0.05, 0) is 5.56 Å². The number of aromatic nitrogens is 3. The number of alkyl halides is 2. The van der Waals surface area contributed by atoms with Crippen molar-refractivity contribution in [2.45, 2.75) is 31.0 Å². The molecule has 0 saturated carbocycles. The maximum atomic E-state index is 12.8. The second-order valence-corrected chi connectivity index (χ2v) is 7.85. The van der Waals surface area contributed by atoms with E-state index in [2.05, 4.69) is 19.7 Å². The predicted octanol–water partition coefficient (Wildman–Crippen LogP) is 2.61. The lowest BCUT2D eigenvalue weighted by molar-refractivity contribution is 0.135. The number of halogens is 2. The highest BCUT2D eigenvalue weighted by Gasteiger charge is 2.24. The van der Waals surface area contributed by atoms with Gasteiger partial charge in [0.25, 0.3) is 10.0 Å². The number of benzene rings is 1. The van der Waals surface area contributed by atoms with Gasteiger partial charge in [0.1, 0.15) is 4.90 Å². The van der Waals surface area contributed by atoms with E-state index < -0.39 is 22.9 Å². The minimum Gasteiger partial charge on any atom is -0.481 e. The van der Waals surface area contributed by atoms with E-state index in [1.54, 1.807) is 6.07 Å². The van der Waals surface area contributed by atoms with E-state index >= 15 is 0 Å². The fraction of sp³-hybridized carbons (Fsp3) is 0.294. The van der Waals surface area contributed by atoms with E-state index in [-0.39, 0.29) is 22.3 Å². The van der Waals surface area contributed by atoms with Crippen molar-refractivity contribution in [3.63, 3.8) is 0 Å². The Hall–Kier alpha value is -2.79. The fourth-order valence-corrected chi connectivity index (χ4v) is 4.28. The second kappa shape index (κ2) is 6.99. The van der Waals surface area contributed by atoms with E-state index in [9.17, 15) is 17.2 Å². The molecule has 0 fully saturated rings. The van der Waals surface area contributed by atoms with Crippen LogP contribution in [0.25, 0.3) is 10.9 Å². The Kier molecular flexibility index (Phi) is 4.63. The van der Waals surface area contributed by atoms with Crippen LogP contribution in [-0.2, 0) is 34.4 Å². The Bertz CT molecular complexity index is 1150. The molecule has 11 heteroatoms. The third kappa shape index (κ3) is 3.27. The Labute approximate surface area is 159 Å². The van der Waals surface area contributed by atoms with Crippen molar-refractivity contribution >= 4 is 26.9 Å². The standard InChI is InChI=1S/C17H16F2N4O4S/c1-26-16-10(4-14(18)19)5-21-17(22-16)23-28(24,25)13-6-20-15-11(13)3-2-9-7-27-8-12(9)15/h2-3,5-6,14,20H,4,7-8H2,1H3,(H,21,22,23). The SMILES string of the molecule is COc1nc(NS(=O)(=O)c2c[nH]c3c4c(ccc23)COC4)ncc1CC(F)F. The van der Waals surface area contributed by atoms with Crippen molar-refractivity contribution in [1.82, 2.24) is 15.0 Å². The number of rotatable bonds is 6. The van der Waals surface area contributed by atoms with Crippen LogP contribution >= 0.6 is 0 Å². The maximum Gasteiger partial charge on any atom is 0.266 e. The summed E-state index contributed by atoms with van der Waals surface area (Å²) in [5.74, 6) is -0.379. The zero-order valence-electron chi connectivity index (χ0n) is 14.7. The van der Waals surface area contributed by atoms with Crippen molar-refractivity contribution in [1.29, 1.82) is 0 Å². The van der Waals surface area contributed by atoms with Crippen LogP contribution in [0.15, 0.2) is 29.4 Å². The highest BCUT2D eigenvalue weighted by atomic mass is 32.2. The zero-order chi connectivity index (χ0) is 19.9. The van der Waals surface area contributed by atoms with Gasteiger partial charge in [0.15, 0.2) is 0 Å². The van der Waals surface area contributed by atoms with Crippen LogP contribution in [0.5, 0.6) is 5.88 Å². The third-order valence-corrected chi connectivity index (χ3v) is 5.80. The molecule has 1 aliphatic heterocycles. The van der Waals surface area contributed by atoms with Gasteiger partial charge in [-0.2, -0.15) is 4.98 Å². The lowest BCUT2D eigenvalue weighted by Gasteiger charge is -2.10. The summed E-state index contributed by atoms with van der Waals surface area (Å²) in [6.07, 6.45) is -0.688. The van der Waals surface area contributed by atoms with Crippen LogP contribution < -0.4 is 9.46 Å². The molecule has 148 valence electrons. The smallest absolute Gasteiger partial charge is 0.266 e.